The van der Waals surface area contributed by atoms with Crippen LogP contribution in [0.3, 0.4) is 0 Å². The molecule has 2 aliphatic rings. The lowest BCUT2D eigenvalue weighted by molar-refractivity contribution is -0.0500. The van der Waals surface area contributed by atoms with E-state index in [9.17, 15) is 21.6 Å². The van der Waals surface area contributed by atoms with Gasteiger partial charge in [0.05, 0.1) is 5.69 Å². The van der Waals surface area contributed by atoms with Gasteiger partial charge < -0.3 is 13.5 Å². The first-order chi connectivity index (χ1) is 32.5. The van der Waals surface area contributed by atoms with Crippen molar-refractivity contribution in [3.8, 4) is 39.1 Å². The summed E-state index contributed by atoms with van der Waals surface area (Å²) in [6, 6.07) is 67.7. The number of benzene rings is 9. The molecule has 2 aliphatic carbocycles. The Bertz CT molecular complexity index is 3700. The summed E-state index contributed by atoms with van der Waals surface area (Å²) < 4.78 is 79.6. The molecule has 0 bridgehead atoms. The van der Waals surface area contributed by atoms with Crippen LogP contribution < -0.4 is 9.08 Å². The first kappa shape index (κ1) is 40.6. The molecule has 1 aromatic heterocycles. The molecule has 2 unspecified atom stereocenters. The molecule has 9 aromatic carbocycles. The number of nitrogens with zero attached hydrogens (tertiary/aromatic N) is 1. The van der Waals surface area contributed by atoms with E-state index in [1.165, 1.54) is 17.7 Å². The zero-order chi connectivity index (χ0) is 45.7. The first-order valence-corrected chi connectivity index (χ1v) is 23.3. The number of furan rings is 1. The third-order valence-electron chi connectivity index (χ3n) is 13.6. The fraction of sp³-hybridized carbons (Fsp3) is 0.0690. The predicted octanol–water partition coefficient (Wildman–Crippen LogP) is 15.4. The summed E-state index contributed by atoms with van der Waals surface area (Å²) in [5.41, 5.74) is 9.27. The van der Waals surface area contributed by atoms with E-state index in [-0.39, 0.29) is 11.6 Å². The maximum Gasteiger partial charge on any atom is 0.534 e. The van der Waals surface area contributed by atoms with Gasteiger partial charge in [0.1, 0.15) is 11.3 Å². The van der Waals surface area contributed by atoms with Gasteiger partial charge in [0.25, 0.3) is 0 Å². The van der Waals surface area contributed by atoms with Gasteiger partial charge >= 0.3 is 15.6 Å². The molecule has 2 atom stereocenters. The Kier molecular flexibility index (Phi) is 9.14. The van der Waals surface area contributed by atoms with E-state index in [2.05, 4.69) is 104 Å². The largest absolute Gasteiger partial charge is 0.534 e. The molecule has 12 rings (SSSR count). The van der Waals surface area contributed by atoms with E-state index in [0.29, 0.717) is 33.3 Å². The molecule has 1 heterocycles. The van der Waals surface area contributed by atoms with E-state index in [1.807, 2.05) is 102 Å². The van der Waals surface area contributed by atoms with Gasteiger partial charge in [0.2, 0.25) is 0 Å². The number of para-hydroxylation sites is 1. The Morgan fingerprint density at radius 2 is 1.21 bits per heavy atom. The highest BCUT2D eigenvalue weighted by atomic mass is 32.2. The van der Waals surface area contributed by atoms with Crippen LogP contribution in [0.4, 0.5) is 30.2 Å². The highest BCUT2D eigenvalue weighted by Gasteiger charge is 2.49. The van der Waals surface area contributed by atoms with Crippen molar-refractivity contribution < 1.29 is 30.2 Å². The molecular weight excluding hydrogens is 864 g/mol. The molecule has 67 heavy (non-hydrogen) atoms. The van der Waals surface area contributed by atoms with Crippen LogP contribution in [0.1, 0.15) is 46.2 Å². The topological polar surface area (TPSA) is 59.8 Å². The summed E-state index contributed by atoms with van der Waals surface area (Å²) in [7, 11) is -6.07. The summed E-state index contributed by atoms with van der Waals surface area (Å²) in [6.07, 6.45) is 0. The van der Waals surface area contributed by atoms with Gasteiger partial charge in [-0.15, -0.1) is 0 Å². The van der Waals surface area contributed by atoms with Crippen molar-refractivity contribution >= 4 is 49.1 Å². The SMILES string of the molecule is CC1(c2ccccc2)c2ccccc2-c2c(-c3ccc4oc5c(N(c6ccccc6)c6ccc7c(c6)-c6ccccc6C7c6ccccc6)cc(OS(=O)(=O)C(F)(F)F)cc5c4c3)cccc21. The summed E-state index contributed by atoms with van der Waals surface area (Å²) >= 11 is 0. The van der Waals surface area contributed by atoms with Gasteiger partial charge in [-0.1, -0.05) is 158 Å². The number of hydrogen-bond acceptors (Lipinski definition) is 5. The second-order valence-corrected chi connectivity index (χ2v) is 18.8. The molecule has 0 N–H and O–H groups in total. The Balaban J connectivity index is 1.08. The zero-order valence-electron chi connectivity index (χ0n) is 35.8. The van der Waals surface area contributed by atoms with Crippen LogP contribution in [0.25, 0.3) is 55.3 Å². The van der Waals surface area contributed by atoms with E-state index in [4.69, 9.17) is 8.60 Å². The second-order valence-electron chi connectivity index (χ2n) is 17.3. The molecule has 9 heteroatoms. The zero-order valence-corrected chi connectivity index (χ0v) is 36.6. The van der Waals surface area contributed by atoms with Crippen molar-refractivity contribution in [2.45, 2.75) is 23.8 Å². The van der Waals surface area contributed by atoms with Crippen molar-refractivity contribution in [1.82, 2.24) is 0 Å². The summed E-state index contributed by atoms with van der Waals surface area (Å²) in [5.74, 6) is -0.531. The van der Waals surface area contributed by atoms with Gasteiger partial charge in [-0.25, -0.2) is 0 Å². The number of anilines is 3. The maximum absolute atomic E-state index is 14.1. The average Bonchev–Trinajstić information content (AvgIpc) is 3.98. The van der Waals surface area contributed by atoms with Crippen molar-refractivity contribution in [1.29, 1.82) is 0 Å². The lowest BCUT2D eigenvalue weighted by Crippen LogP contribution is -2.28. The van der Waals surface area contributed by atoms with Crippen LogP contribution in [0.15, 0.2) is 211 Å². The van der Waals surface area contributed by atoms with Crippen LogP contribution in [0.2, 0.25) is 0 Å². The van der Waals surface area contributed by atoms with Crippen LogP contribution >= 0.6 is 0 Å². The Morgan fingerprint density at radius 1 is 0.567 bits per heavy atom. The smallest absolute Gasteiger partial charge is 0.454 e. The number of rotatable bonds is 8. The third kappa shape index (κ3) is 6.32. The lowest BCUT2D eigenvalue weighted by atomic mass is 9.74. The summed E-state index contributed by atoms with van der Waals surface area (Å²) in [6.45, 7) is 2.25. The van der Waals surface area contributed by atoms with E-state index < -0.39 is 26.8 Å². The van der Waals surface area contributed by atoms with Crippen molar-refractivity contribution in [2.24, 2.45) is 0 Å². The van der Waals surface area contributed by atoms with Crippen LogP contribution in [0, 0.1) is 0 Å². The summed E-state index contributed by atoms with van der Waals surface area (Å²) in [4.78, 5) is 1.88. The molecule has 0 saturated heterocycles. The van der Waals surface area contributed by atoms with Gasteiger partial charge in [0.15, 0.2) is 5.58 Å². The highest BCUT2D eigenvalue weighted by molar-refractivity contribution is 7.88. The quantitative estimate of drug-likeness (QED) is 0.112. The number of halogens is 3. The van der Waals surface area contributed by atoms with Crippen molar-refractivity contribution in [3.05, 3.63) is 240 Å². The number of hydrogen-bond donors (Lipinski definition) is 0. The summed E-state index contributed by atoms with van der Waals surface area (Å²) in [5, 5.41) is 0.945. The normalized spacial score (nSPS) is 16.1. The second kappa shape index (κ2) is 15.1. The van der Waals surface area contributed by atoms with Crippen molar-refractivity contribution in [2.75, 3.05) is 4.90 Å². The fourth-order valence-corrected chi connectivity index (χ4v) is 11.0. The Morgan fingerprint density at radius 3 is 1.97 bits per heavy atom. The Hall–Kier alpha value is -7.88. The molecule has 326 valence electrons. The Labute approximate surface area is 385 Å². The number of fused-ring (bicyclic) bond motifs is 9. The third-order valence-corrected chi connectivity index (χ3v) is 14.5. The molecule has 0 aliphatic heterocycles. The molecule has 0 radical (unpaired) electrons. The minimum Gasteiger partial charge on any atom is -0.454 e. The van der Waals surface area contributed by atoms with Crippen LogP contribution in [-0.2, 0) is 15.5 Å². The van der Waals surface area contributed by atoms with E-state index in [1.54, 1.807) is 0 Å². The van der Waals surface area contributed by atoms with Crippen LogP contribution in [-0.4, -0.2) is 13.9 Å². The van der Waals surface area contributed by atoms with Gasteiger partial charge in [-0.05, 0) is 116 Å². The molecule has 0 fully saturated rings. The molecule has 0 amide bonds. The lowest BCUT2D eigenvalue weighted by Gasteiger charge is -2.28. The van der Waals surface area contributed by atoms with E-state index in [0.717, 1.165) is 61.2 Å². The van der Waals surface area contributed by atoms with Crippen molar-refractivity contribution in [3.63, 3.8) is 0 Å². The number of alkyl halides is 3. The standard InChI is InChI=1S/C58H38F3NO4S/c1-57(38-18-7-3-8-19-38)50-26-14-13-24-46(50)55-42(25-15-27-51(55)57)37-28-31-53-48(32-37)49-34-41(66-67(63,64)58(59,60)61)35-52(56(49)65-53)62(39-20-9-4-10-21-39)40-29-30-45-47(33-40)43-22-11-12-23-44(43)54(45)36-16-5-2-6-17-36/h2-35,54H,1H3. The first-order valence-electron chi connectivity index (χ1n) is 21.9. The molecule has 5 nitrogen and oxygen atoms in total. The predicted molar refractivity (Wildman–Crippen MR) is 260 cm³/mol. The molecular formula is C58H38F3NO4S. The average molecular weight is 902 g/mol. The van der Waals surface area contributed by atoms with E-state index >= 15 is 0 Å². The monoisotopic (exact) mass is 901 g/mol. The maximum atomic E-state index is 14.1. The molecule has 0 saturated carbocycles. The van der Waals surface area contributed by atoms with Gasteiger partial charge in [-0.3, -0.25) is 0 Å². The molecule has 0 spiro atoms. The fourth-order valence-electron chi connectivity index (χ4n) is 10.6. The molecule has 10 aromatic rings. The minimum absolute atomic E-state index is 0.0152. The van der Waals surface area contributed by atoms with Crippen LogP contribution in [0.5, 0.6) is 5.75 Å². The van der Waals surface area contributed by atoms with Gasteiger partial charge in [-0.2, -0.15) is 21.6 Å². The minimum atomic E-state index is -6.07. The highest BCUT2D eigenvalue weighted by Crippen LogP contribution is 2.56. The van der Waals surface area contributed by atoms with Gasteiger partial charge in [0, 0.05) is 39.5 Å².